The van der Waals surface area contributed by atoms with E-state index in [0.29, 0.717) is 36.0 Å². The van der Waals surface area contributed by atoms with Crippen LogP contribution in [0.4, 0.5) is 5.69 Å². The molecule has 0 saturated carbocycles. The first-order valence-electron chi connectivity index (χ1n) is 8.17. The molecule has 0 aromatic heterocycles. The summed E-state index contributed by atoms with van der Waals surface area (Å²) in [4.78, 5) is 25.7. The highest BCUT2D eigenvalue weighted by Gasteiger charge is 2.25. The Kier molecular flexibility index (Phi) is 5.56. The molecular weight excluding hydrogens is 340 g/mol. The maximum atomic E-state index is 12.1. The summed E-state index contributed by atoms with van der Waals surface area (Å²) in [6.07, 6.45) is 0.960. The van der Waals surface area contributed by atoms with E-state index in [4.69, 9.17) is 16.3 Å². The van der Waals surface area contributed by atoms with Gasteiger partial charge in [-0.3, -0.25) is 9.59 Å². The van der Waals surface area contributed by atoms with E-state index in [1.165, 1.54) is 0 Å². The zero-order valence-electron chi connectivity index (χ0n) is 13.7. The maximum Gasteiger partial charge on any atom is 0.265 e. The molecule has 1 N–H and O–H groups in total. The smallest absolute Gasteiger partial charge is 0.265 e. The van der Waals surface area contributed by atoms with Crippen LogP contribution in [-0.2, 0) is 16.0 Å². The lowest BCUT2D eigenvalue weighted by molar-refractivity contribution is -0.122. The SMILES string of the molecule is O=C(CCN1C(=O)COc2ccccc21)NCCc1cccc(Cl)c1. The fourth-order valence-corrected chi connectivity index (χ4v) is 2.95. The molecule has 130 valence electrons. The van der Waals surface area contributed by atoms with Gasteiger partial charge in [0.1, 0.15) is 5.75 Å². The molecule has 0 fully saturated rings. The van der Waals surface area contributed by atoms with Crippen molar-refractivity contribution in [3.8, 4) is 5.75 Å². The predicted octanol–water partition coefficient (Wildman–Crippen LogP) is 2.81. The van der Waals surface area contributed by atoms with Crippen LogP contribution in [0.3, 0.4) is 0 Å². The molecule has 0 radical (unpaired) electrons. The third-order valence-corrected chi connectivity index (χ3v) is 4.23. The van der Waals surface area contributed by atoms with Crippen LogP contribution in [0.5, 0.6) is 5.75 Å². The Morgan fingerprint density at radius 3 is 2.88 bits per heavy atom. The van der Waals surface area contributed by atoms with Crippen LogP contribution in [0.15, 0.2) is 48.5 Å². The highest BCUT2D eigenvalue weighted by Crippen LogP contribution is 2.31. The van der Waals surface area contributed by atoms with Gasteiger partial charge in [0.05, 0.1) is 5.69 Å². The Balaban J connectivity index is 1.48. The standard InChI is InChI=1S/C19H19ClN2O3/c20-15-5-3-4-14(12-15)8-10-21-18(23)9-11-22-16-6-1-2-7-17(16)25-13-19(22)24/h1-7,12H,8-11,13H2,(H,21,23). The van der Waals surface area contributed by atoms with Crippen molar-refractivity contribution in [2.24, 2.45) is 0 Å². The van der Waals surface area contributed by atoms with Gasteiger partial charge < -0.3 is 15.0 Å². The number of carbonyl (C=O) groups excluding carboxylic acids is 2. The van der Waals surface area contributed by atoms with Crippen LogP contribution in [0.25, 0.3) is 0 Å². The van der Waals surface area contributed by atoms with E-state index in [1.807, 2.05) is 48.5 Å². The van der Waals surface area contributed by atoms with E-state index >= 15 is 0 Å². The fraction of sp³-hybridized carbons (Fsp3) is 0.263. The molecule has 0 bridgehead atoms. The molecule has 2 aromatic rings. The first-order chi connectivity index (χ1) is 12.1. The zero-order valence-corrected chi connectivity index (χ0v) is 14.5. The Labute approximate surface area is 151 Å². The van der Waals surface area contributed by atoms with Crippen LogP contribution in [-0.4, -0.2) is 31.5 Å². The average molecular weight is 359 g/mol. The van der Waals surface area contributed by atoms with Gasteiger partial charge in [-0.25, -0.2) is 0 Å². The van der Waals surface area contributed by atoms with Gasteiger partial charge in [0.25, 0.3) is 5.91 Å². The lowest BCUT2D eigenvalue weighted by Gasteiger charge is -2.29. The Hall–Kier alpha value is -2.53. The minimum absolute atomic E-state index is 0.00734. The molecule has 1 aliphatic heterocycles. The summed E-state index contributed by atoms with van der Waals surface area (Å²) in [5.41, 5.74) is 1.79. The lowest BCUT2D eigenvalue weighted by atomic mass is 10.1. The van der Waals surface area contributed by atoms with Crippen molar-refractivity contribution in [2.75, 3.05) is 24.6 Å². The van der Waals surface area contributed by atoms with E-state index in [9.17, 15) is 9.59 Å². The van der Waals surface area contributed by atoms with Gasteiger partial charge in [-0.15, -0.1) is 0 Å². The molecule has 0 atom stereocenters. The maximum absolute atomic E-state index is 12.1. The number of benzene rings is 2. The number of para-hydroxylation sites is 2. The van der Waals surface area contributed by atoms with E-state index in [2.05, 4.69) is 5.32 Å². The van der Waals surface area contributed by atoms with Crippen molar-refractivity contribution in [2.45, 2.75) is 12.8 Å². The van der Waals surface area contributed by atoms with Crippen molar-refractivity contribution < 1.29 is 14.3 Å². The molecular formula is C19H19ClN2O3. The number of ether oxygens (including phenoxy) is 1. The third-order valence-electron chi connectivity index (χ3n) is 4.00. The van der Waals surface area contributed by atoms with Crippen molar-refractivity contribution in [3.05, 3.63) is 59.1 Å². The minimum atomic E-state index is -0.134. The molecule has 5 nitrogen and oxygen atoms in total. The molecule has 1 aliphatic rings. The van der Waals surface area contributed by atoms with E-state index < -0.39 is 0 Å². The summed E-state index contributed by atoms with van der Waals surface area (Å²) < 4.78 is 5.39. The van der Waals surface area contributed by atoms with E-state index in [1.54, 1.807) is 4.90 Å². The van der Waals surface area contributed by atoms with Crippen molar-refractivity contribution in [1.82, 2.24) is 5.32 Å². The Morgan fingerprint density at radius 1 is 1.20 bits per heavy atom. The number of nitrogens with one attached hydrogen (secondary N) is 1. The highest BCUT2D eigenvalue weighted by atomic mass is 35.5. The summed E-state index contributed by atoms with van der Waals surface area (Å²) >= 11 is 5.94. The quantitative estimate of drug-likeness (QED) is 0.863. The number of carbonyl (C=O) groups is 2. The third kappa shape index (κ3) is 4.51. The monoisotopic (exact) mass is 358 g/mol. The van der Waals surface area contributed by atoms with Gasteiger partial charge in [0.15, 0.2) is 6.61 Å². The predicted molar refractivity (Wildman–Crippen MR) is 97.1 cm³/mol. The molecule has 6 heteroatoms. The summed E-state index contributed by atoms with van der Waals surface area (Å²) in [5.74, 6) is 0.452. The number of anilines is 1. The molecule has 2 aromatic carbocycles. The van der Waals surface area contributed by atoms with Gasteiger partial charge >= 0.3 is 0 Å². The molecule has 0 aliphatic carbocycles. The largest absolute Gasteiger partial charge is 0.482 e. The summed E-state index contributed by atoms with van der Waals surface area (Å²) in [6, 6.07) is 14.9. The van der Waals surface area contributed by atoms with E-state index in [-0.39, 0.29) is 24.8 Å². The van der Waals surface area contributed by atoms with Gasteiger partial charge in [-0.05, 0) is 36.2 Å². The normalized spacial score (nSPS) is 13.2. The number of nitrogens with zero attached hydrogens (tertiary/aromatic N) is 1. The summed E-state index contributed by atoms with van der Waals surface area (Å²) in [5, 5.41) is 3.57. The minimum Gasteiger partial charge on any atom is -0.482 e. The zero-order chi connectivity index (χ0) is 17.6. The summed E-state index contributed by atoms with van der Waals surface area (Å²) in [7, 11) is 0. The van der Waals surface area contributed by atoms with Gasteiger partial charge in [-0.1, -0.05) is 35.9 Å². The molecule has 25 heavy (non-hydrogen) atoms. The molecule has 2 amide bonds. The molecule has 1 heterocycles. The number of amides is 2. The second kappa shape index (κ2) is 8.03. The number of fused-ring (bicyclic) bond motifs is 1. The molecule has 0 unspecified atom stereocenters. The molecule has 0 spiro atoms. The van der Waals surface area contributed by atoms with Crippen molar-refractivity contribution in [1.29, 1.82) is 0 Å². The second-order valence-corrected chi connectivity index (χ2v) is 6.22. The molecule has 0 saturated heterocycles. The fourth-order valence-electron chi connectivity index (χ4n) is 2.74. The number of hydrogen-bond donors (Lipinski definition) is 1. The van der Waals surface area contributed by atoms with Crippen LogP contribution < -0.4 is 15.0 Å². The Morgan fingerprint density at radius 2 is 2.04 bits per heavy atom. The van der Waals surface area contributed by atoms with Gasteiger partial charge in [-0.2, -0.15) is 0 Å². The second-order valence-electron chi connectivity index (χ2n) is 5.78. The topological polar surface area (TPSA) is 58.6 Å². The van der Waals surface area contributed by atoms with Crippen LogP contribution >= 0.6 is 11.6 Å². The lowest BCUT2D eigenvalue weighted by Crippen LogP contribution is -2.41. The van der Waals surface area contributed by atoms with E-state index in [0.717, 1.165) is 5.56 Å². The number of hydrogen-bond acceptors (Lipinski definition) is 3. The van der Waals surface area contributed by atoms with Gasteiger partial charge in [0, 0.05) is 24.5 Å². The highest BCUT2D eigenvalue weighted by molar-refractivity contribution is 6.30. The number of halogens is 1. The number of rotatable bonds is 6. The molecule has 3 rings (SSSR count). The van der Waals surface area contributed by atoms with Crippen LogP contribution in [0.2, 0.25) is 5.02 Å². The van der Waals surface area contributed by atoms with Crippen molar-refractivity contribution >= 4 is 29.1 Å². The first-order valence-corrected chi connectivity index (χ1v) is 8.54. The first kappa shape index (κ1) is 17.3. The van der Waals surface area contributed by atoms with Gasteiger partial charge in [0.2, 0.25) is 5.91 Å². The average Bonchev–Trinajstić information content (AvgIpc) is 2.61. The summed E-state index contributed by atoms with van der Waals surface area (Å²) in [6.45, 7) is 0.877. The Bertz CT molecular complexity index is 779. The van der Waals surface area contributed by atoms with Crippen LogP contribution in [0.1, 0.15) is 12.0 Å². The van der Waals surface area contributed by atoms with Crippen LogP contribution in [0, 0.1) is 0 Å². The van der Waals surface area contributed by atoms with Crippen molar-refractivity contribution in [3.63, 3.8) is 0 Å².